The largest absolute Gasteiger partial charge is 0.457 e. The Morgan fingerprint density at radius 1 is 0.416 bits per heavy atom. The van der Waals surface area contributed by atoms with Crippen molar-refractivity contribution in [3.63, 3.8) is 0 Å². The van der Waals surface area contributed by atoms with Gasteiger partial charge in [-0.2, -0.15) is 0 Å². The zero-order valence-electron chi connectivity index (χ0n) is 45.2. The lowest BCUT2D eigenvalue weighted by Crippen LogP contribution is -2.41. The van der Waals surface area contributed by atoms with E-state index in [0.29, 0.717) is 6.67 Å². The molecule has 12 rings (SSSR count). The molecule has 0 fully saturated rings. The van der Waals surface area contributed by atoms with Crippen molar-refractivity contribution in [2.75, 3.05) is 16.5 Å². The van der Waals surface area contributed by atoms with Crippen LogP contribution in [0.5, 0.6) is 11.5 Å². The Hall–Kier alpha value is -8.67. The van der Waals surface area contributed by atoms with Crippen LogP contribution in [0, 0.1) is 11.8 Å². The molecule has 0 saturated carbocycles. The Labute approximate surface area is 454 Å². The number of nitrogens with zero attached hydrogens (tertiary/aromatic N) is 4. The van der Waals surface area contributed by atoms with Crippen molar-refractivity contribution in [3.8, 4) is 17.3 Å². The molecular formula is C72H66N4O. The maximum atomic E-state index is 6.95. The van der Waals surface area contributed by atoms with E-state index in [9.17, 15) is 0 Å². The van der Waals surface area contributed by atoms with E-state index in [1.807, 2.05) is 6.20 Å². The van der Waals surface area contributed by atoms with Gasteiger partial charge in [-0.15, -0.1) is 0 Å². The summed E-state index contributed by atoms with van der Waals surface area (Å²) in [4.78, 5) is 10.0. The number of para-hydroxylation sites is 4. The van der Waals surface area contributed by atoms with E-state index in [4.69, 9.17) is 9.72 Å². The van der Waals surface area contributed by atoms with E-state index in [0.717, 1.165) is 50.8 Å². The Balaban J connectivity index is 1.04. The van der Waals surface area contributed by atoms with Gasteiger partial charge in [0.15, 0.2) is 0 Å². The molecule has 9 aromatic carbocycles. The van der Waals surface area contributed by atoms with Crippen LogP contribution >= 0.6 is 0 Å². The molecule has 0 bridgehead atoms. The first-order valence-corrected chi connectivity index (χ1v) is 27.3. The zero-order chi connectivity index (χ0) is 52.9. The lowest BCUT2D eigenvalue weighted by Gasteiger charge is -2.46. The molecule has 3 heterocycles. The minimum absolute atomic E-state index is 0.0275. The summed E-state index contributed by atoms with van der Waals surface area (Å²) in [6.07, 6.45) is 1.93. The maximum absolute atomic E-state index is 6.95. The van der Waals surface area contributed by atoms with E-state index < -0.39 is 10.8 Å². The number of hydrogen-bond acceptors (Lipinski definition) is 4. The molecule has 0 saturated heterocycles. The molecular weight excluding hydrogens is 937 g/mol. The van der Waals surface area contributed by atoms with E-state index >= 15 is 0 Å². The molecule has 0 spiro atoms. The number of aromatic nitrogens is 2. The average molecular weight is 1000 g/mol. The second-order valence-electron chi connectivity index (χ2n) is 22.4. The first-order chi connectivity index (χ1) is 37.5. The molecule has 77 heavy (non-hydrogen) atoms. The number of fused-ring (bicyclic) bond motifs is 4. The summed E-state index contributed by atoms with van der Waals surface area (Å²) in [6.45, 7) is 16.9. The molecule has 0 radical (unpaired) electrons. The van der Waals surface area contributed by atoms with Crippen LogP contribution in [0.2, 0.25) is 0 Å². The summed E-state index contributed by atoms with van der Waals surface area (Å²) in [7, 11) is 0. The number of hydrogen-bond donors (Lipinski definition) is 0. The standard InChI is InChI=1S/C72H66N4O/c1-50(2)71(52-26-12-8-13-27-52,53-28-14-9-15-29-53)62-37-25-38-63(72(51(3)4,54-30-16-10-17-31-54)55-32-18-11-19-33-55)69(62)75-49-74(65-40-22-23-41-66(65)75)57-34-24-35-58(47-57)77-59-42-43-61-60-36-20-21-39-64(60)76(67(61)48-59)68-46-56(44-45-73-68)70(5,6)7/h8-48,50-51H,49H2,1-7H3. The smallest absolute Gasteiger partial charge is 0.137 e. The van der Waals surface area contributed by atoms with Gasteiger partial charge in [0, 0.05) is 45.6 Å². The highest BCUT2D eigenvalue weighted by Crippen LogP contribution is 2.58. The lowest BCUT2D eigenvalue weighted by atomic mass is 9.58. The first kappa shape index (κ1) is 49.2. The highest BCUT2D eigenvalue weighted by Gasteiger charge is 2.48. The van der Waals surface area contributed by atoms with Crippen LogP contribution in [-0.2, 0) is 16.2 Å². The Bertz CT molecular complexity index is 3680. The molecule has 0 amide bonds. The Morgan fingerprint density at radius 2 is 0.896 bits per heavy atom. The van der Waals surface area contributed by atoms with E-state index in [-0.39, 0.29) is 17.3 Å². The minimum Gasteiger partial charge on any atom is -0.457 e. The quantitative estimate of drug-likeness (QED) is 0.108. The van der Waals surface area contributed by atoms with Gasteiger partial charge >= 0.3 is 0 Å². The summed E-state index contributed by atoms with van der Waals surface area (Å²) in [5, 5.41) is 2.33. The van der Waals surface area contributed by atoms with Crippen molar-refractivity contribution >= 4 is 44.6 Å². The summed E-state index contributed by atoms with van der Waals surface area (Å²) < 4.78 is 9.23. The summed E-state index contributed by atoms with van der Waals surface area (Å²) >= 11 is 0. The molecule has 0 aliphatic carbocycles. The number of benzene rings is 9. The van der Waals surface area contributed by atoms with Crippen LogP contribution in [0.25, 0.3) is 27.6 Å². The van der Waals surface area contributed by atoms with Crippen LogP contribution in [0.1, 0.15) is 87.4 Å². The molecule has 1 aliphatic rings. The molecule has 0 atom stereocenters. The van der Waals surface area contributed by atoms with Crippen molar-refractivity contribution in [2.45, 2.75) is 64.7 Å². The van der Waals surface area contributed by atoms with Crippen LogP contribution in [0.3, 0.4) is 0 Å². The number of pyridine rings is 1. The summed E-state index contributed by atoms with van der Waals surface area (Å²) in [5.41, 5.74) is 14.3. The second-order valence-corrected chi connectivity index (χ2v) is 22.4. The molecule has 11 aromatic rings. The minimum atomic E-state index is -0.557. The molecule has 2 aromatic heterocycles. The van der Waals surface area contributed by atoms with Gasteiger partial charge in [-0.25, -0.2) is 4.98 Å². The fourth-order valence-electron chi connectivity index (χ4n) is 12.9. The third kappa shape index (κ3) is 8.28. The zero-order valence-corrected chi connectivity index (χ0v) is 45.2. The van der Waals surface area contributed by atoms with Gasteiger partial charge in [-0.05, 0) is 111 Å². The predicted molar refractivity (Wildman–Crippen MR) is 321 cm³/mol. The van der Waals surface area contributed by atoms with Crippen molar-refractivity contribution in [2.24, 2.45) is 11.8 Å². The van der Waals surface area contributed by atoms with Crippen LogP contribution in [-0.4, -0.2) is 16.2 Å². The van der Waals surface area contributed by atoms with Gasteiger partial charge in [0.1, 0.15) is 24.0 Å². The van der Waals surface area contributed by atoms with Crippen LogP contribution in [0.4, 0.5) is 22.7 Å². The van der Waals surface area contributed by atoms with Gasteiger partial charge in [-0.3, -0.25) is 4.57 Å². The highest BCUT2D eigenvalue weighted by molar-refractivity contribution is 6.09. The fourth-order valence-corrected chi connectivity index (χ4v) is 12.9. The molecule has 0 unspecified atom stereocenters. The number of ether oxygens (including phenoxy) is 1. The number of rotatable bonds is 13. The van der Waals surface area contributed by atoms with Gasteiger partial charge in [0.05, 0.1) is 28.1 Å². The van der Waals surface area contributed by atoms with Gasteiger partial charge in [-0.1, -0.05) is 224 Å². The second kappa shape index (κ2) is 19.8. The topological polar surface area (TPSA) is 33.5 Å². The SMILES string of the molecule is CC(C)C(c1ccccc1)(c1ccccc1)c1cccc(C(c2ccccc2)(c2ccccc2)C(C)C)c1N1CN(c2cccc(Oc3ccc4c5ccccc5n(-c5cc(C(C)(C)C)ccn5)c4c3)c2)c2ccccc21. The van der Waals surface area contributed by atoms with Gasteiger partial charge in [0.2, 0.25) is 0 Å². The normalized spacial score (nSPS) is 13.0. The first-order valence-electron chi connectivity index (χ1n) is 27.3. The molecule has 0 N–H and O–H groups in total. The third-order valence-electron chi connectivity index (χ3n) is 16.4. The molecule has 380 valence electrons. The summed E-state index contributed by atoms with van der Waals surface area (Å²) in [5.74, 6) is 2.70. The van der Waals surface area contributed by atoms with Crippen LogP contribution < -0.4 is 14.5 Å². The Morgan fingerprint density at radius 3 is 1.44 bits per heavy atom. The summed E-state index contributed by atoms with van der Waals surface area (Å²) in [6, 6.07) is 89.0. The predicted octanol–water partition coefficient (Wildman–Crippen LogP) is 18.5. The van der Waals surface area contributed by atoms with E-state index in [1.165, 1.54) is 50.0 Å². The van der Waals surface area contributed by atoms with Crippen molar-refractivity contribution in [1.29, 1.82) is 0 Å². The van der Waals surface area contributed by atoms with Gasteiger partial charge < -0.3 is 14.5 Å². The lowest BCUT2D eigenvalue weighted by molar-refractivity contribution is 0.426. The Kier molecular flexibility index (Phi) is 12.7. The number of anilines is 4. The van der Waals surface area contributed by atoms with Crippen LogP contribution in [0.15, 0.2) is 249 Å². The highest BCUT2D eigenvalue weighted by atomic mass is 16.5. The van der Waals surface area contributed by atoms with Gasteiger partial charge in [0.25, 0.3) is 0 Å². The molecule has 1 aliphatic heterocycles. The van der Waals surface area contributed by atoms with Crippen molar-refractivity contribution in [3.05, 3.63) is 288 Å². The monoisotopic (exact) mass is 1000 g/mol. The fraction of sp³-hybridized carbons (Fsp3) is 0.181. The van der Waals surface area contributed by atoms with Crippen molar-refractivity contribution < 1.29 is 4.74 Å². The van der Waals surface area contributed by atoms with Crippen molar-refractivity contribution in [1.82, 2.24) is 9.55 Å². The van der Waals surface area contributed by atoms with E-state index in [1.54, 1.807) is 0 Å². The maximum Gasteiger partial charge on any atom is 0.137 e. The molecule has 5 nitrogen and oxygen atoms in total. The molecule has 5 heteroatoms. The van der Waals surface area contributed by atoms with E-state index in [2.05, 4.69) is 305 Å². The average Bonchev–Trinajstić information content (AvgIpc) is 4.02. The third-order valence-corrected chi connectivity index (χ3v) is 16.4.